The second-order valence-electron chi connectivity index (χ2n) is 1.12. The molecule has 0 bridgehead atoms. The van der Waals surface area contributed by atoms with E-state index in [2.05, 4.69) is 10.9 Å². The number of rotatable bonds is 4. The van der Waals surface area contributed by atoms with Gasteiger partial charge in [-0.25, -0.2) is 0 Å². The highest BCUT2D eigenvalue weighted by atomic mass is 15.3. The van der Waals surface area contributed by atoms with Gasteiger partial charge >= 0.3 is 0 Å². The summed E-state index contributed by atoms with van der Waals surface area (Å²) in [5.74, 6) is 0. The van der Waals surface area contributed by atoms with Gasteiger partial charge in [0.2, 0.25) is 0 Å². The van der Waals surface area contributed by atoms with Crippen molar-refractivity contribution in [3.05, 3.63) is 0 Å². The Kier molecular flexibility index (Phi) is 5.26. The molecule has 0 heterocycles. The molecule has 0 spiro atoms. The van der Waals surface area contributed by atoms with E-state index >= 15 is 0 Å². The Balaban J connectivity index is 2.56. The molecule has 0 aromatic carbocycles. The molecule has 0 unspecified atom stereocenters. The van der Waals surface area contributed by atoms with Crippen LogP contribution < -0.4 is 10.9 Å². The molecule has 0 rings (SSSR count). The van der Waals surface area contributed by atoms with Crippen LogP contribution in [0.5, 0.6) is 0 Å². The van der Waals surface area contributed by atoms with E-state index in [9.17, 15) is 0 Å². The van der Waals surface area contributed by atoms with Crippen molar-refractivity contribution in [3.63, 3.8) is 0 Å². The second kappa shape index (κ2) is 5.59. The van der Waals surface area contributed by atoms with Crippen LogP contribution in [0.2, 0.25) is 0 Å². The highest BCUT2D eigenvalue weighted by Gasteiger charge is 1.71. The van der Waals surface area contributed by atoms with Crippen molar-refractivity contribution in [3.8, 4) is 0 Å². The zero-order valence-electron chi connectivity index (χ0n) is 4.49. The van der Waals surface area contributed by atoms with Gasteiger partial charge in [0, 0.05) is 19.3 Å². The van der Waals surface area contributed by atoms with Crippen LogP contribution in [0, 0.1) is 5.41 Å². The van der Waals surface area contributed by atoms with Crippen LogP contribution in [-0.4, -0.2) is 19.3 Å². The van der Waals surface area contributed by atoms with E-state index in [1.165, 1.54) is 6.21 Å². The van der Waals surface area contributed by atoms with Crippen LogP contribution in [0.15, 0.2) is 0 Å². The lowest BCUT2D eigenvalue weighted by atomic mass is 10.7. The second-order valence-corrected chi connectivity index (χ2v) is 1.12. The normalized spacial score (nSPS) is 8.71. The van der Waals surface area contributed by atoms with Crippen molar-refractivity contribution in [2.75, 3.05) is 13.1 Å². The summed E-state index contributed by atoms with van der Waals surface area (Å²) in [6.45, 7) is 3.50. The van der Waals surface area contributed by atoms with Gasteiger partial charge < -0.3 is 5.41 Å². The topological polar surface area (TPSA) is 47.9 Å². The van der Waals surface area contributed by atoms with Crippen molar-refractivity contribution in [2.24, 2.45) is 0 Å². The van der Waals surface area contributed by atoms with E-state index in [1.54, 1.807) is 0 Å². The molecule has 3 nitrogen and oxygen atoms in total. The third kappa shape index (κ3) is 5.59. The summed E-state index contributed by atoms with van der Waals surface area (Å²) in [5.41, 5.74) is 5.64. The van der Waals surface area contributed by atoms with Crippen LogP contribution in [0.3, 0.4) is 0 Å². The first-order chi connectivity index (χ1) is 3.41. The molecule has 0 aliphatic carbocycles. The first-order valence-corrected chi connectivity index (χ1v) is 2.36. The van der Waals surface area contributed by atoms with Crippen LogP contribution in [-0.2, 0) is 0 Å². The maximum Gasteiger partial charge on any atom is 0.0447 e. The molecule has 0 fully saturated rings. The van der Waals surface area contributed by atoms with Crippen LogP contribution >= 0.6 is 0 Å². The molecule has 0 aliphatic heterocycles. The quantitative estimate of drug-likeness (QED) is 0.260. The predicted octanol–water partition coefficient (Wildman–Crippen LogP) is -0.250. The van der Waals surface area contributed by atoms with Crippen molar-refractivity contribution in [2.45, 2.75) is 6.92 Å². The first kappa shape index (κ1) is 6.59. The molecule has 3 heteroatoms. The maximum atomic E-state index is 6.55. The Morgan fingerprint density at radius 1 is 1.57 bits per heavy atom. The lowest BCUT2D eigenvalue weighted by Crippen LogP contribution is -2.32. The molecule has 0 aromatic heterocycles. The van der Waals surface area contributed by atoms with E-state index in [1.807, 2.05) is 6.92 Å². The van der Waals surface area contributed by atoms with Gasteiger partial charge in [0.1, 0.15) is 0 Å². The maximum absolute atomic E-state index is 6.55. The molecule has 0 amide bonds. The number of hydrazine groups is 1. The van der Waals surface area contributed by atoms with Gasteiger partial charge in [-0.3, -0.25) is 10.9 Å². The van der Waals surface area contributed by atoms with Gasteiger partial charge in [0.15, 0.2) is 0 Å². The lowest BCUT2D eigenvalue weighted by Gasteiger charge is -1.96. The molecule has 42 valence electrons. The molecule has 0 aliphatic rings. The van der Waals surface area contributed by atoms with Gasteiger partial charge in [0.25, 0.3) is 0 Å². The van der Waals surface area contributed by atoms with Crippen molar-refractivity contribution in [1.29, 1.82) is 5.41 Å². The van der Waals surface area contributed by atoms with Crippen molar-refractivity contribution < 1.29 is 0 Å². The summed E-state index contributed by atoms with van der Waals surface area (Å²) in [4.78, 5) is 0. The van der Waals surface area contributed by atoms with Crippen molar-refractivity contribution in [1.82, 2.24) is 10.9 Å². The first-order valence-electron chi connectivity index (χ1n) is 2.36. The zero-order chi connectivity index (χ0) is 5.54. The van der Waals surface area contributed by atoms with Crippen LogP contribution in [0.25, 0.3) is 0 Å². The number of nitrogens with one attached hydrogen (secondary N) is 3. The highest BCUT2D eigenvalue weighted by Crippen LogP contribution is 1.44. The Hall–Kier alpha value is -0.410. The standard InChI is InChI=1S/C4H11N3/c1-2-6-7-4-3-5/h3,5-7H,2,4H2,1H3. The van der Waals surface area contributed by atoms with Gasteiger partial charge in [0.05, 0.1) is 0 Å². The molecule has 0 radical (unpaired) electrons. The lowest BCUT2D eigenvalue weighted by molar-refractivity contribution is 0.602. The van der Waals surface area contributed by atoms with Crippen molar-refractivity contribution >= 4 is 6.21 Å². The summed E-state index contributed by atoms with van der Waals surface area (Å²) in [5, 5.41) is 6.55. The number of hydrogen-bond acceptors (Lipinski definition) is 3. The van der Waals surface area contributed by atoms with E-state index in [0.717, 1.165) is 6.54 Å². The summed E-state index contributed by atoms with van der Waals surface area (Å²) in [6, 6.07) is 0. The largest absolute Gasteiger partial charge is 0.312 e. The van der Waals surface area contributed by atoms with E-state index in [4.69, 9.17) is 5.41 Å². The summed E-state index contributed by atoms with van der Waals surface area (Å²) in [6.07, 6.45) is 1.31. The van der Waals surface area contributed by atoms with E-state index < -0.39 is 0 Å². The fourth-order valence-electron chi connectivity index (χ4n) is 0.248. The minimum atomic E-state index is 0.605. The van der Waals surface area contributed by atoms with E-state index in [-0.39, 0.29) is 0 Å². The highest BCUT2D eigenvalue weighted by molar-refractivity contribution is 5.55. The summed E-state index contributed by atoms with van der Waals surface area (Å²) >= 11 is 0. The van der Waals surface area contributed by atoms with E-state index in [0.29, 0.717) is 6.54 Å². The third-order valence-electron chi connectivity index (χ3n) is 0.506. The average molecular weight is 101 g/mol. The van der Waals surface area contributed by atoms with Gasteiger partial charge in [-0.05, 0) is 0 Å². The molecular weight excluding hydrogens is 90.1 g/mol. The minimum absolute atomic E-state index is 0.605. The molecule has 0 aromatic rings. The average Bonchev–Trinajstić information content (AvgIpc) is 1.69. The van der Waals surface area contributed by atoms with Gasteiger partial charge in [-0.1, -0.05) is 6.92 Å². The molecular formula is C4H11N3. The Morgan fingerprint density at radius 3 is 2.71 bits per heavy atom. The monoisotopic (exact) mass is 101 g/mol. The Morgan fingerprint density at radius 2 is 2.29 bits per heavy atom. The zero-order valence-corrected chi connectivity index (χ0v) is 4.49. The molecule has 0 saturated heterocycles. The molecule has 3 N–H and O–H groups in total. The van der Waals surface area contributed by atoms with Crippen LogP contribution in [0.4, 0.5) is 0 Å². The predicted molar refractivity (Wildman–Crippen MR) is 30.5 cm³/mol. The summed E-state index contributed by atoms with van der Waals surface area (Å²) in [7, 11) is 0. The SMILES string of the molecule is CCNNCC=N. The smallest absolute Gasteiger partial charge is 0.0447 e. The minimum Gasteiger partial charge on any atom is -0.312 e. The molecule has 0 saturated carbocycles. The fourth-order valence-corrected chi connectivity index (χ4v) is 0.248. The van der Waals surface area contributed by atoms with Gasteiger partial charge in [-0.2, -0.15) is 0 Å². The Labute approximate surface area is 43.6 Å². The van der Waals surface area contributed by atoms with Crippen LogP contribution in [0.1, 0.15) is 6.92 Å². The number of hydrogen-bond donors (Lipinski definition) is 3. The molecule has 7 heavy (non-hydrogen) atoms. The molecule has 0 atom stereocenters. The third-order valence-corrected chi connectivity index (χ3v) is 0.506. The fraction of sp³-hybridized carbons (Fsp3) is 0.750. The summed E-state index contributed by atoms with van der Waals surface area (Å²) < 4.78 is 0. The Bertz CT molecular complexity index is 44.2. The van der Waals surface area contributed by atoms with Gasteiger partial charge in [-0.15, -0.1) is 0 Å².